The van der Waals surface area contributed by atoms with Gasteiger partial charge in [-0.25, -0.2) is 8.78 Å². The standard InChI is InChI=1S/C16H16BrF2NO/c1-3-20-16(12-5-4-6-13(17)15(12)19)11-8-7-10(21-2)9-14(11)18/h4-9,16,20H,3H2,1-2H3. The largest absolute Gasteiger partial charge is 0.497 e. The molecule has 0 aliphatic heterocycles. The Morgan fingerprint density at radius 2 is 1.95 bits per heavy atom. The van der Waals surface area contributed by atoms with Crippen molar-refractivity contribution in [2.75, 3.05) is 13.7 Å². The van der Waals surface area contributed by atoms with Crippen LogP contribution in [-0.4, -0.2) is 13.7 Å². The number of hydrogen-bond acceptors (Lipinski definition) is 2. The second-order valence-corrected chi connectivity index (χ2v) is 5.38. The summed E-state index contributed by atoms with van der Waals surface area (Å²) in [4.78, 5) is 0. The number of methoxy groups -OCH3 is 1. The van der Waals surface area contributed by atoms with Crippen molar-refractivity contribution in [2.24, 2.45) is 0 Å². The summed E-state index contributed by atoms with van der Waals surface area (Å²) >= 11 is 3.16. The van der Waals surface area contributed by atoms with Crippen molar-refractivity contribution in [3.63, 3.8) is 0 Å². The smallest absolute Gasteiger partial charge is 0.142 e. The van der Waals surface area contributed by atoms with Crippen LogP contribution in [0.4, 0.5) is 8.78 Å². The molecule has 21 heavy (non-hydrogen) atoms. The van der Waals surface area contributed by atoms with Crippen LogP contribution in [0.25, 0.3) is 0 Å². The van der Waals surface area contributed by atoms with Crippen molar-refractivity contribution in [3.05, 3.63) is 63.6 Å². The fourth-order valence-corrected chi connectivity index (χ4v) is 2.59. The molecule has 2 aromatic carbocycles. The normalized spacial score (nSPS) is 12.2. The maximum atomic E-state index is 14.3. The maximum Gasteiger partial charge on any atom is 0.142 e. The van der Waals surface area contributed by atoms with Crippen molar-refractivity contribution >= 4 is 15.9 Å². The first kappa shape index (κ1) is 15.9. The number of halogens is 3. The Labute approximate surface area is 131 Å². The molecule has 0 saturated heterocycles. The average molecular weight is 356 g/mol. The third-order valence-corrected chi connectivity index (χ3v) is 3.83. The van der Waals surface area contributed by atoms with Crippen LogP contribution in [0.3, 0.4) is 0 Å². The molecule has 0 fully saturated rings. The monoisotopic (exact) mass is 355 g/mol. The molecular weight excluding hydrogens is 340 g/mol. The van der Waals surface area contributed by atoms with Crippen molar-refractivity contribution in [2.45, 2.75) is 13.0 Å². The van der Waals surface area contributed by atoms with E-state index in [0.29, 0.717) is 27.9 Å². The highest BCUT2D eigenvalue weighted by atomic mass is 79.9. The van der Waals surface area contributed by atoms with Crippen LogP contribution in [0.1, 0.15) is 24.1 Å². The van der Waals surface area contributed by atoms with Crippen molar-refractivity contribution in [1.29, 1.82) is 0 Å². The minimum Gasteiger partial charge on any atom is -0.497 e. The first-order chi connectivity index (χ1) is 10.1. The number of ether oxygens (including phenoxy) is 1. The van der Waals surface area contributed by atoms with Gasteiger partial charge in [0.05, 0.1) is 17.6 Å². The van der Waals surface area contributed by atoms with E-state index in [1.54, 1.807) is 30.3 Å². The van der Waals surface area contributed by atoms with Crippen LogP contribution >= 0.6 is 15.9 Å². The molecule has 112 valence electrons. The molecule has 0 saturated carbocycles. The van der Waals surface area contributed by atoms with E-state index in [4.69, 9.17) is 4.74 Å². The summed E-state index contributed by atoms with van der Waals surface area (Å²) in [5, 5.41) is 3.12. The van der Waals surface area contributed by atoms with Gasteiger partial charge in [-0.05, 0) is 34.6 Å². The van der Waals surface area contributed by atoms with E-state index in [1.807, 2.05) is 6.92 Å². The summed E-state index contributed by atoms with van der Waals surface area (Å²) in [7, 11) is 1.48. The molecule has 0 aliphatic rings. The number of hydrogen-bond donors (Lipinski definition) is 1. The van der Waals surface area contributed by atoms with Gasteiger partial charge in [0.2, 0.25) is 0 Å². The van der Waals surface area contributed by atoms with E-state index in [-0.39, 0.29) is 0 Å². The number of nitrogens with one attached hydrogen (secondary N) is 1. The SMILES string of the molecule is CCNC(c1ccc(OC)cc1F)c1cccc(Br)c1F. The molecule has 0 heterocycles. The Balaban J connectivity index is 2.51. The van der Waals surface area contributed by atoms with Crippen molar-refractivity contribution in [1.82, 2.24) is 5.32 Å². The van der Waals surface area contributed by atoms with Gasteiger partial charge < -0.3 is 10.1 Å². The van der Waals surface area contributed by atoms with Crippen LogP contribution in [-0.2, 0) is 0 Å². The third kappa shape index (κ3) is 3.41. The molecule has 0 radical (unpaired) electrons. The predicted molar refractivity (Wildman–Crippen MR) is 82.6 cm³/mol. The second kappa shape index (κ2) is 7.00. The summed E-state index contributed by atoms with van der Waals surface area (Å²) in [6.07, 6.45) is 0. The number of benzene rings is 2. The van der Waals surface area contributed by atoms with Gasteiger partial charge in [-0.2, -0.15) is 0 Å². The lowest BCUT2D eigenvalue weighted by Crippen LogP contribution is -2.24. The zero-order valence-corrected chi connectivity index (χ0v) is 13.4. The Morgan fingerprint density at radius 1 is 1.19 bits per heavy atom. The van der Waals surface area contributed by atoms with Crippen molar-refractivity contribution in [3.8, 4) is 5.75 Å². The Kier molecular flexibility index (Phi) is 5.31. The topological polar surface area (TPSA) is 21.3 Å². The zero-order valence-electron chi connectivity index (χ0n) is 11.8. The molecule has 0 amide bonds. The van der Waals surface area contributed by atoms with E-state index in [0.717, 1.165) is 0 Å². The average Bonchev–Trinajstić information content (AvgIpc) is 2.48. The minimum absolute atomic E-state index is 0.358. The molecule has 1 unspecified atom stereocenters. The summed E-state index contributed by atoms with van der Waals surface area (Å²) in [6.45, 7) is 2.48. The first-order valence-electron chi connectivity index (χ1n) is 6.59. The molecule has 2 aromatic rings. The molecule has 2 nitrogen and oxygen atoms in total. The van der Waals surface area contributed by atoms with Gasteiger partial charge in [0.15, 0.2) is 0 Å². The predicted octanol–water partition coefficient (Wildman–Crippen LogP) is 4.43. The van der Waals surface area contributed by atoms with Gasteiger partial charge in [-0.1, -0.05) is 25.1 Å². The highest BCUT2D eigenvalue weighted by Crippen LogP contribution is 2.31. The molecule has 0 bridgehead atoms. The summed E-state index contributed by atoms with van der Waals surface area (Å²) < 4.78 is 33.9. The van der Waals surface area contributed by atoms with Gasteiger partial charge in [0.1, 0.15) is 17.4 Å². The zero-order chi connectivity index (χ0) is 15.4. The van der Waals surface area contributed by atoms with Gasteiger partial charge >= 0.3 is 0 Å². The Morgan fingerprint density at radius 3 is 2.57 bits per heavy atom. The summed E-state index contributed by atoms with van der Waals surface area (Å²) in [5.74, 6) is -0.389. The van der Waals surface area contributed by atoms with E-state index >= 15 is 0 Å². The fourth-order valence-electron chi connectivity index (χ4n) is 2.20. The van der Waals surface area contributed by atoms with E-state index in [1.165, 1.54) is 13.2 Å². The van der Waals surface area contributed by atoms with Crippen LogP contribution in [0.5, 0.6) is 5.75 Å². The Bertz CT molecular complexity index is 634. The molecule has 1 atom stereocenters. The molecule has 2 rings (SSSR count). The van der Waals surface area contributed by atoms with Crippen LogP contribution in [0.2, 0.25) is 0 Å². The van der Waals surface area contributed by atoms with Gasteiger partial charge in [-0.3, -0.25) is 0 Å². The molecule has 0 aliphatic carbocycles. The highest BCUT2D eigenvalue weighted by molar-refractivity contribution is 9.10. The molecule has 0 aromatic heterocycles. The highest BCUT2D eigenvalue weighted by Gasteiger charge is 2.21. The molecule has 5 heteroatoms. The number of rotatable bonds is 5. The van der Waals surface area contributed by atoms with E-state index in [9.17, 15) is 8.78 Å². The van der Waals surface area contributed by atoms with Gasteiger partial charge in [-0.15, -0.1) is 0 Å². The minimum atomic E-state index is -0.557. The lowest BCUT2D eigenvalue weighted by molar-refractivity contribution is 0.410. The summed E-state index contributed by atoms with van der Waals surface area (Å²) in [6, 6.07) is 9.02. The lowest BCUT2D eigenvalue weighted by Gasteiger charge is -2.21. The van der Waals surface area contributed by atoms with Crippen molar-refractivity contribution < 1.29 is 13.5 Å². The second-order valence-electron chi connectivity index (χ2n) is 4.52. The fraction of sp³-hybridized carbons (Fsp3) is 0.250. The van der Waals surface area contributed by atoms with Crippen LogP contribution in [0.15, 0.2) is 40.9 Å². The molecule has 0 spiro atoms. The van der Waals surface area contributed by atoms with Crippen LogP contribution in [0, 0.1) is 11.6 Å². The van der Waals surface area contributed by atoms with Crippen LogP contribution < -0.4 is 10.1 Å². The quantitative estimate of drug-likeness (QED) is 0.856. The lowest BCUT2D eigenvalue weighted by atomic mass is 9.97. The first-order valence-corrected chi connectivity index (χ1v) is 7.38. The maximum absolute atomic E-state index is 14.3. The van der Waals surface area contributed by atoms with Gasteiger partial charge in [0, 0.05) is 17.2 Å². The third-order valence-electron chi connectivity index (χ3n) is 3.22. The summed E-state index contributed by atoms with van der Waals surface area (Å²) in [5.41, 5.74) is 0.782. The molecule has 1 N–H and O–H groups in total. The Hall–Kier alpha value is -1.46. The van der Waals surface area contributed by atoms with E-state index < -0.39 is 17.7 Å². The van der Waals surface area contributed by atoms with E-state index in [2.05, 4.69) is 21.2 Å². The van der Waals surface area contributed by atoms with Gasteiger partial charge in [0.25, 0.3) is 0 Å². The molecular formula is C16H16BrF2NO.